The molecule has 0 bridgehead atoms. The van der Waals surface area contributed by atoms with Gasteiger partial charge in [0.1, 0.15) is 4.34 Å². The number of sulfonamides is 1. The number of aromatic nitrogens is 1. The molecule has 0 aliphatic carbocycles. The van der Waals surface area contributed by atoms with Crippen molar-refractivity contribution in [3.8, 4) is 0 Å². The van der Waals surface area contributed by atoms with Crippen molar-refractivity contribution in [1.29, 1.82) is 0 Å². The summed E-state index contributed by atoms with van der Waals surface area (Å²) in [5, 5.41) is 3.20. The molecule has 1 spiro atoms. The van der Waals surface area contributed by atoms with Crippen LogP contribution in [0.2, 0.25) is 4.34 Å². The van der Waals surface area contributed by atoms with Gasteiger partial charge in [-0.3, -0.25) is 10.2 Å². The van der Waals surface area contributed by atoms with Gasteiger partial charge >= 0.3 is 6.03 Å². The van der Waals surface area contributed by atoms with Crippen LogP contribution in [0.1, 0.15) is 12.0 Å². The Hall–Kier alpha value is -1.20. The maximum Gasteiger partial charge on any atom is 0.328 e. The van der Waals surface area contributed by atoms with Crippen LogP contribution in [-0.2, 0) is 15.4 Å². The highest BCUT2D eigenvalue weighted by Gasteiger charge is 2.50. The maximum atomic E-state index is 12.9. The number of nitrogens with zero attached hydrogens (tertiary/aromatic N) is 3. The molecule has 2 amide bonds. The zero-order valence-electron chi connectivity index (χ0n) is 14.3. The van der Waals surface area contributed by atoms with E-state index in [0.29, 0.717) is 35.5 Å². The lowest BCUT2D eigenvalue weighted by Crippen LogP contribution is -2.41. The standard InChI is InChI=1S/C16H16BrClN4O3S2/c1-27(24,25)21-5-4-16(8-21)9-22(12-3-2-10(17)6-11(12)16)15(23)20-14-19-7-13(18)26-14/h2-3,6-7H,4-5,8-9H2,1H3,(H,19,20,23). The molecule has 7 nitrogen and oxygen atoms in total. The topological polar surface area (TPSA) is 82.6 Å². The molecule has 3 heterocycles. The highest BCUT2D eigenvalue weighted by molar-refractivity contribution is 9.10. The second-order valence-electron chi connectivity index (χ2n) is 6.77. The molecule has 1 aromatic heterocycles. The van der Waals surface area contributed by atoms with E-state index < -0.39 is 15.4 Å². The third-order valence-corrected chi connectivity index (χ3v) is 7.78. The van der Waals surface area contributed by atoms with Gasteiger partial charge in [-0.05, 0) is 30.2 Å². The number of urea groups is 1. The monoisotopic (exact) mass is 490 g/mol. The van der Waals surface area contributed by atoms with E-state index in [9.17, 15) is 13.2 Å². The number of halogens is 2. The van der Waals surface area contributed by atoms with Gasteiger partial charge < -0.3 is 0 Å². The number of hydrogen-bond acceptors (Lipinski definition) is 5. The van der Waals surface area contributed by atoms with E-state index >= 15 is 0 Å². The van der Waals surface area contributed by atoms with Gasteiger partial charge in [0, 0.05) is 35.2 Å². The number of carbonyl (C=O) groups is 1. The van der Waals surface area contributed by atoms with E-state index in [1.165, 1.54) is 28.1 Å². The van der Waals surface area contributed by atoms with Crippen molar-refractivity contribution in [3.05, 3.63) is 38.8 Å². The normalized spacial score (nSPS) is 22.4. The molecule has 27 heavy (non-hydrogen) atoms. The van der Waals surface area contributed by atoms with Crippen LogP contribution in [-0.4, -0.2) is 49.6 Å². The lowest BCUT2D eigenvalue weighted by molar-refractivity contribution is 0.256. The van der Waals surface area contributed by atoms with Gasteiger partial charge in [0.2, 0.25) is 10.0 Å². The summed E-state index contributed by atoms with van der Waals surface area (Å²) in [6.45, 7) is 1.22. The van der Waals surface area contributed by atoms with Gasteiger partial charge in [-0.2, -0.15) is 0 Å². The number of fused-ring (bicyclic) bond motifs is 2. The van der Waals surface area contributed by atoms with Crippen LogP contribution >= 0.6 is 38.9 Å². The molecule has 2 aliphatic heterocycles. The lowest BCUT2D eigenvalue weighted by Gasteiger charge is -2.25. The molecular weight excluding hydrogens is 476 g/mol. The number of benzene rings is 1. The highest BCUT2D eigenvalue weighted by Crippen LogP contribution is 2.48. The summed E-state index contributed by atoms with van der Waals surface area (Å²) < 4.78 is 26.9. The first kappa shape index (κ1) is 19.1. The van der Waals surface area contributed by atoms with Crippen molar-refractivity contribution in [2.24, 2.45) is 0 Å². The van der Waals surface area contributed by atoms with Gasteiger partial charge in [0.15, 0.2) is 5.13 Å². The Kier molecular flexibility index (Phi) is 4.75. The summed E-state index contributed by atoms with van der Waals surface area (Å²) in [7, 11) is -3.28. The first-order valence-electron chi connectivity index (χ1n) is 8.13. The molecular formula is C16H16BrClN4O3S2. The smallest absolute Gasteiger partial charge is 0.293 e. The molecule has 1 aromatic carbocycles. The number of hydrogen-bond donors (Lipinski definition) is 1. The van der Waals surface area contributed by atoms with Crippen LogP contribution in [0.4, 0.5) is 15.6 Å². The number of anilines is 2. The van der Waals surface area contributed by atoms with E-state index in [-0.39, 0.29) is 6.03 Å². The van der Waals surface area contributed by atoms with Crippen LogP contribution in [0.15, 0.2) is 28.9 Å². The van der Waals surface area contributed by atoms with Crippen LogP contribution in [0.5, 0.6) is 0 Å². The molecule has 144 valence electrons. The average Bonchev–Trinajstić information content (AvgIpc) is 3.27. The van der Waals surface area contributed by atoms with Crippen molar-refractivity contribution in [1.82, 2.24) is 9.29 Å². The maximum absolute atomic E-state index is 12.9. The summed E-state index contributed by atoms with van der Waals surface area (Å²) in [5.74, 6) is 0. The van der Waals surface area contributed by atoms with Crippen LogP contribution in [0.3, 0.4) is 0 Å². The predicted molar refractivity (Wildman–Crippen MR) is 110 cm³/mol. The summed E-state index contributed by atoms with van der Waals surface area (Å²) in [5.41, 5.74) is 1.35. The average molecular weight is 492 g/mol. The van der Waals surface area contributed by atoms with Gasteiger partial charge in [0.05, 0.1) is 12.5 Å². The fourth-order valence-corrected chi connectivity index (χ4v) is 5.83. The minimum absolute atomic E-state index is 0.306. The minimum atomic E-state index is -3.28. The molecule has 0 radical (unpaired) electrons. The van der Waals surface area contributed by atoms with E-state index in [2.05, 4.69) is 26.2 Å². The van der Waals surface area contributed by atoms with Crippen LogP contribution in [0, 0.1) is 0 Å². The molecule has 1 N–H and O–H groups in total. The largest absolute Gasteiger partial charge is 0.328 e. The van der Waals surface area contributed by atoms with E-state index in [0.717, 1.165) is 15.7 Å². The molecule has 4 rings (SSSR count). The Balaban J connectivity index is 1.67. The first-order valence-corrected chi connectivity index (χ1v) is 12.0. The summed E-state index contributed by atoms with van der Waals surface area (Å²) >= 11 is 10.6. The van der Waals surface area contributed by atoms with Crippen molar-refractivity contribution in [2.75, 3.05) is 36.1 Å². The second kappa shape index (κ2) is 6.70. The zero-order valence-corrected chi connectivity index (χ0v) is 18.3. The molecule has 1 atom stereocenters. The van der Waals surface area contributed by atoms with Crippen molar-refractivity contribution < 1.29 is 13.2 Å². The summed E-state index contributed by atoms with van der Waals surface area (Å²) in [4.78, 5) is 18.6. The zero-order chi connectivity index (χ0) is 19.4. The predicted octanol–water partition coefficient (Wildman–Crippen LogP) is 3.51. The van der Waals surface area contributed by atoms with Crippen LogP contribution in [0.25, 0.3) is 0 Å². The SMILES string of the molecule is CS(=O)(=O)N1CCC2(CN(C(=O)Nc3ncc(Cl)s3)c3ccc(Br)cc32)C1. The Labute approximate surface area is 174 Å². The highest BCUT2D eigenvalue weighted by atomic mass is 79.9. The second-order valence-corrected chi connectivity index (χ2v) is 11.3. The Morgan fingerprint density at radius 1 is 1.41 bits per heavy atom. The van der Waals surface area contributed by atoms with Crippen molar-refractivity contribution in [3.63, 3.8) is 0 Å². The first-order chi connectivity index (χ1) is 12.7. The molecule has 1 fully saturated rings. The van der Waals surface area contributed by atoms with Crippen molar-refractivity contribution in [2.45, 2.75) is 11.8 Å². The van der Waals surface area contributed by atoms with E-state index in [4.69, 9.17) is 11.6 Å². The minimum Gasteiger partial charge on any atom is -0.293 e. The molecule has 11 heteroatoms. The van der Waals surface area contributed by atoms with E-state index in [1.54, 1.807) is 4.90 Å². The Morgan fingerprint density at radius 2 is 2.19 bits per heavy atom. The van der Waals surface area contributed by atoms with Gasteiger partial charge in [-0.15, -0.1) is 0 Å². The summed E-state index contributed by atoms with van der Waals surface area (Å²) in [6, 6.07) is 5.43. The van der Waals surface area contributed by atoms with E-state index in [1.807, 2.05) is 18.2 Å². The number of thiazole rings is 1. The molecule has 1 saturated heterocycles. The van der Waals surface area contributed by atoms with Crippen molar-refractivity contribution >= 4 is 65.7 Å². The third kappa shape index (κ3) is 3.49. The number of carbonyl (C=O) groups excluding carboxylic acids is 1. The number of amides is 2. The van der Waals surface area contributed by atoms with Crippen LogP contribution < -0.4 is 10.2 Å². The molecule has 0 saturated carbocycles. The van der Waals surface area contributed by atoms with Gasteiger partial charge in [-0.1, -0.05) is 38.9 Å². The fourth-order valence-electron chi connectivity index (χ4n) is 3.76. The summed E-state index contributed by atoms with van der Waals surface area (Å²) in [6.07, 6.45) is 3.37. The molecule has 2 aromatic rings. The molecule has 2 aliphatic rings. The van der Waals surface area contributed by atoms with Gasteiger partial charge in [-0.25, -0.2) is 22.5 Å². The fraction of sp³-hybridized carbons (Fsp3) is 0.375. The number of nitrogens with one attached hydrogen (secondary N) is 1. The number of rotatable bonds is 2. The quantitative estimate of drug-likeness (QED) is 0.697. The Morgan fingerprint density at radius 3 is 2.81 bits per heavy atom. The molecule has 1 unspecified atom stereocenters. The Bertz CT molecular complexity index is 1030. The third-order valence-electron chi connectivity index (χ3n) is 5.01. The lowest BCUT2D eigenvalue weighted by atomic mass is 9.82. The van der Waals surface area contributed by atoms with Gasteiger partial charge in [0.25, 0.3) is 0 Å².